The molecule has 1 aliphatic heterocycles. The van der Waals surface area contributed by atoms with Gasteiger partial charge in [-0.2, -0.15) is 4.31 Å². The monoisotopic (exact) mass is 432 g/mol. The predicted octanol–water partition coefficient (Wildman–Crippen LogP) is 3.08. The van der Waals surface area contributed by atoms with Gasteiger partial charge >= 0.3 is 0 Å². The van der Waals surface area contributed by atoms with E-state index in [9.17, 15) is 13.2 Å². The van der Waals surface area contributed by atoms with E-state index < -0.39 is 15.9 Å². The van der Waals surface area contributed by atoms with Crippen molar-refractivity contribution in [2.75, 3.05) is 39.3 Å². The number of piperidine rings is 1. The first-order valence-electron chi connectivity index (χ1n) is 9.84. The van der Waals surface area contributed by atoms with Crippen LogP contribution in [0.3, 0.4) is 0 Å². The number of hydrogen-bond donors (Lipinski definition) is 0. The molecule has 1 amide bonds. The Morgan fingerprint density at radius 2 is 1.90 bits per heavy atom. The van der Waals surface area contributed by atoms with Crippen molar-refractivity contribution in [3.05, 3.63) is 48.0 Å². The molecule has 1 heterocycles. The van der Waals surface area contributed by atoms with Crippen LogP contribution in [0.4, 0.5) is 5.69 Å². The van der Waals surface area contributed by atoms with Crippen molar-refractivity contribution in [1.82, 2.24) is 4.31 Å². The predicted molar refractivity (Wildman–Crippen MR) is 116 cm³/mol. The molecule has 0 aliphatic carbocycles. The number of anilines is 1. The third kappa shape index (κ3) is 4.44. The van der Waals surface area contributed by atoms with E-state index in [4.69, 9.17) is 9.47 Å². The lowest BCUT2D eigenvalue weighted by atomic mass is 9.98. The number of methoxy groups -OCH3 is 2. The van der Waals surface area contributed by atoms with Gasteiger partial charge in [-0.15, -0.1) is 0 Å². The third-order valence-corrected chi connectivity index (χ3v) is 7.33. The molecule has 0 N–H and O–H groups in total. The molecule has 1 saturated heterocycles. The molecule has 1 atom stereocenters. The Labute approximate surface area is 178 Å². The Bertz CT molecular complexity index is 1020. The number of nitrogens with zero attached hydrogens (tertiary/aromatic N) is 2. The highest BCUT2D eigenvalue weighted by atomic mass is 32.2. The summed E-state index contributed by atoms with van der Waals surface area (Å²) in [5, 5.41) is 0. The average Bonchev–Trinajstić information content (AvgIpc) is 2.78. The van der Waals surface area contributed by atoms with Gasteiger partial charge < -0.3 is 14.4 Å². The maximum Gasteiger partial charge on any atom is 0.246 e. The second-order valence-corrected chi connectivity index (χ2v) is 9.36. The first-order chi connectivity index (χ1) is 14.3. The van der Waals surface area contributed by atoms with E-state index in [0.717, 1.165) is 5.56 Å². The maximum atomic E-state index is 13.3. The first kappa shape index (κ1) is 22.1. The van der Waals surface area contributed by atoms with Gasteiger partial charge in [0.15, 0.2) is 0 Å². The second-order valence-electron chi connectivity index (χ2n) is 7.46. The number of benzene rings is 2. The summed E-state index contributed by atoms with van der Waals surface area (Å²) >= 11 is 0. The summed E-state index contributed by atoms with van der Waals surface area (Å²) in [6, 6.07) is 12.3. The Morgan fingerprint density at radius 3 is 2.60 bits per heavy atom. The number of ether oxygens (including phenoxy) is 2. The molecule has 162 valence electrons. The minimum Gasteiger partial charge on any atom is -0.497 e. The quantitative estimate of drug-likeness (QED) is 0.701. The SMILES string of the molecule is COc1cccc(N(C)C(=O)[C@H]2CCCN(S(=O)(=O)c3cc(C)ccc3OC)C2)c1. The number of amides is 1. The van der Waals surface area contributed by atoms with Crippen molar-refractivity contribution >= 4 is 21.6 Å². The first-order valence-corrected chi connectivity index (χ1v) is 11.3. The van der Waals surface area contributed by atoms with Crippen LogP contribution in [0.5, 0.6) is 11.5 Å². The second kappa shape index (κ2) is 9.06. The van der Waals surface area contributed by atoms with Crippen molar-refractivity contribution in [1.29, 1.82) is 0 Å². The lowest BCUT2D eigenvalue weighted by molar-refractivity contribution is -0.123. The largest absolute Gasteiger partial charge is 0.497 e. The van der Waals surface area contributed by atoms with Gasteiger partial charge in [-0.3, -0.25) is 4.79 Å². The van der Waals surface area contributed by atoms with E-state index >= 15 is 0 Å². The Hall–Kier alpha value is -2.58. The Balaban J connectivity index is 1.82. The van der Waals surface area contributed by atoms with E-state index in [1.54, 1.807) is 37.3 Å². The normalized spacial score (nSPS) is 17.4. The van der Waals surface area contributed by atoms with Crippen LogP contribution >= 0.6 is 0 Å². The Morgan fingerprint density at radius 1 is 1.13 bits per heavy atom. The van der Waals surface area contributed by atoms with Gasteiger partial charge in [0.2, 0.25) is 15.9 Å². The average molecular weight is 433 g/mol. The highest BCUT2D eigenvalue weighted by Crippen LogP contribution is 2.31. The fourth-order valence-electron chi connectivity index (χ4n) is 3.71. The van der Waals surface area contributed by atoms with Gasteiger partial charge in [0.25, 0.3) is 0 Å². The molecule has 0 unspecified atom stereocenters. The highest BCUT2D eigenvalue weighted by molar-refractivity contribution is 7.89. The van der Waals surface area contributed by atoms with Gasteiger partial charge in [0.05, 0.1) is 20.1 Å². The number of aryl methyl sites for hydroxylation is 1. The molecular weight excluding hydrogens is 404 g/mol. The van der Waals surface area contributed by atoms with E-state index in [1.165, 1.54) is 11.4 Å². The van der Waals surface area contributed by atoms with Crippen LogP contribution in [0, 0.1) is 12.8 Å². The molecule has 0 bridgehead atoms. The van der Waals surface area contributed by atoms with Crippen LogP contribution in [-0.2, 0) is 14.8 Å². The van der Waals surface area contributed by atoms with Crippen LogP contribution in [0.15, 0.2) is 47.4 Å². The van der Waals surface area contributed by atoms with Gasteiger partial charge in [-0.1, -0.05) is 12.1 Å². The fourth-order valence-corrected chi connectivity index (χ4v) is 5.47. The highest BCUT2D eigenvalue weighted by Gasteiger charge is 2.36. The zero-order valence-corrected chi connectivity index (χ0v) is 18.6. The minimum atomic E-state index is -3.78. The minimum absolute atomic E-state index is 0.112. The van der Waals surface area contributed by atoms with Gasteiger partial charge in [0.1, 0.15) is 16.4 Å². The molecule has 7 nitrogen and oxygen atoms in total. The van der Waals surface area contributed by atoms with Crippen molar-refractivity contribution < 1.29 is 22.7 Å². The lowest BCUT2D eigenvalue weighted by Gasteiger charge is -2.33. The summed E-state index contributed by atoms with van der Waals surface area (Å²) in [4.78, 5) is 14.8. The molecule has 2 aromatic rings. The molecule has 0 radical (unpaired) electrons. The molecule has 30 heavy (non-hydrogen) atoms. The van der Waals surface area contributed by atoms with Crippen LogP contribution in [0.25, 0.3) is 0 Å². The van der Waals surface area contributed by atoms with Crippen molar-refractivity contribution in [3.8, 4) is 11.5 Å². The molecule has 0 aromatic heterocycles. The number of carbonyl (C=O) groups excluding carboxylic acids is 1. The molecular formula is C22H28N2O5S. The fraction of sp³-hybridized carbons (Fsp3) is 0.409. The molecule has 0 saturated carbocycles. The van der Waals surface area contributed by atoms with E-state index in [1.807, 2.05) is 31.2 Å². The zero-order chi connectivity index (χ0) is 21.9. The zero-order valence-electron chi connectivity index (χ0n) is 17.8. The van der Waals surface area contributed by atoms with E-state index in [2.05, 4.69) is 0 Å². The lowest BCUT2D eigenvalue weighted by Crippen LogP contribution is -2.46. The van der Waals surface area contributed by atoms with Gasteiger partial charge in [-0.25, -0.2) is 8.42 Å². The molecule has 8 heteroatoms. The summed E-state index contributed by atoms with van der Waals surface area (Å²) in [5.41, 5.74) is 1.54. The van der Waals surface area contributed by atoms with Crippen LogP contribution in [-0.4, -0.2) is 53.0 Å². The molecule has 1 aliphatic rings. The molecule has 3 rings (SSSR count). The standard InChI is InChI=1S/C22H28N2O5S/c1-16-10-11-20(29-4)21(13-16)30(26,27)24-12-6-7-17(15-24)22(25)23(2)18-8-5-9-19(14-18)28-3/h5,8-11,13-14,17H,6-7,12,15H2,1-4H3/t17-/m0/s1. The number of carbonyl (C=O) groups is 1. The maximum absolute atomic E-state index is 13.3. The van der Waals surface area contributed by atoms with Crippen molar-refractivity contribution in [2.45, 2.75) is 24.7 Å². The van der Waals surface area contributed by atoms with E-state index in [0.29, 0.717) is 36.6 Å². The molecule has 2 aromatic carbocycles. The Kier molecular flexibility index (Phi) is 6.67. The van der Waals surface area contributed by atoms with Crippen LogP contribution in [0.1, 0.15) is 18.4 Å². The summed E-state index contributed by atoms with van der Waals surface area (Å²) in [6.45, 7) is 2.36. The summed E-state index contributed by atoms with van der Waals surface area (Å²) in [7, 11) is 0.953. The van der Waals surface area contributed by atoms with Crippen molar-refractivity contribution in [2.24, 2.45) is 5.92 Å². The molecule has 0 spiro atoms. The van der Waals surface area contributed by atoms with Crippen LogP contribution < -0.4 is 14.4 Å². The van der Waals surface area contributed by atoms with Gasteiger partial charge in [0, 0.05) is 31.9 Å². The smallest absolute Gasteiger partial charge is 0.246 e. The van der Waals surface area contributed by atoms with Gasteiger partial charge in [-0.05, 0) is 49.6 Å². The number of rotatable bonds is 6. The van der Waals surface area contributed by atoms with Crippen molar-refractivity contribution in [3.63, 3.8) is 0 Å². The van der Waals surface area contributed by atoms with E-state index in [-0.39, 0.29) is 17.3 Å². The van der Waals surface area contributed by atoms with Crippen LogP contribution in [0.2, 0.25) is 0 Å². The topological polar surface area (TPSA) is 76.2 Å². The summed E-state index contributed by atoms with van der Waals surface area (Å²) < 4.78 is 38.5. The number of hydrogen-bond acceptors (Lipinski definition) is 5. The summed E-state index contributed by atoms with van der Waals surface area (Å²) in [6.07, 6.45) is 1.26. The molecule has 1 fully saturated rings. The third-order valence-electron chi connectivity index (χ3n) is 5.44. The number of sulfonamides is 1. The summed E-state index contributed by atoms with van der Waals surface area (Å²) in [5.74, 6) is 0.439.